The number of aliphatic hydroxyl groups is 1. The highest BCUT2D eigenvalue weighted by molar-refractivity contribution is 4.90. The summed E-state index contributed by atoms with van der Waals surface area (Å²) < 4.78 is 0. The van der Waals surface area contributed by atoms with E-state index in [0.717, 1.165) is 25.7 Å². The lowest BCUT2D eigenvalue weighted by atomic mass is 9.82. The molecule has 0 aliphatic heterocycles. The maximum atomic E-state index is 9.91. The van der Waals surface area contributed by atoms with Crippen molar-refractivity contribution in [1.29, 1.82) is 0 Å². The van der Waals surface area contributed by atoms with Gasteiger partial charge in [0.1, 0.15) is 0 Å². The van der Waals surface area contributed by atoms with Gasteiger partial charge in [0.05, 0.1) is 5.60 Å². The molecular formula is C10H16O. The summed E-state index contributed by atoms with van der Waals surface area (Å²) in [7, 11) is 0. The van der Waals surface area contributed by atoms with E-state index in [2.05, 4.69) is 5.92 Å². The van der Waals surface area contributed by atoms with Crippen LogP contribution in [-0.4, -0.2) is 10.7 Å². The second-order valence-corrected chi connectivity index (χ2v) is 3.49. The summed E-state index contributed by atoms with van der Waals surface area (Å²) in [6, 6.07) is 0. The lowest BCUT2D eigenvalue weighted by molar-refractivity contribution is -0.00236. The molecule has 0 saturated heterocycles. The number of hydrogen-bond donors (Lipinski definition) is 1. The van der Waals surface area contributed by atoms with E-state index in [0.29, 0.717) is 0 Å². The Bertz CT molecular complexity index is 149. The van der Waals surface area contributed by atoms with E-state index < -0.39 is 5.60 Å². The first kappa shape index (κ1) is 8.62. The van der Waals surface area contributed by atoms with Gasteiger partial charge in [0.25, 0.3) is 0 Å². The Balaban J connectivity index is 2.32. The zero-order valence-electron chi connectivity index (χ0n) is 6.97. The van der Waals surface area contributed by atoms with E-state index in [1.54, 1.807) is 0 Å². The molecule has 1 fully saturated rings. The molecule has 0 heterocycles. The van der Waals surface area contributed by atoms with Gasteiger partial charge in [0.2, 0.25) is 0 Å². The van der Waals surface area contributed by atoms with Crippen LogP contribution in [0.1, 0.15) is 44.9 Å². The molecule has 0 aromatic rings. The first-order chi connectivity index (χ1) is 5.27. The van der Waals surface area contributed by atoms with Gasteiger partial charge in [-0.1, -0.05) is 19.3 Å². The van der Waals surface area contributed by atoms with Gasteiger partial charge >= 0.3 is 0 Å². The molecule has 1 nitrogen and oxygen atoms in total. The molecule has 1 aliphatic carbocycles. The van der Waals surface area contributed by atoms with Crippen molar-refractivity contribution in [3.8, 4) is 12.3 Å². The Labute approximate surface area is 68.8 Å². The van der Waals surface area contributed by atoms with E-state index in [1.807, 2.05) is 0 Å². The molecule has 0 radical (unpaired) electrons. The van der Waals surface area contributed by atoms with Crippen LogP contribution in [0.3, 0.4) is 0 Å². The molecule has 1 aliphatic rings. The number of hydrogen-bond acceptors (Lipinski definition) is 1. The summed E-state index contributed by atoms with van der Waals surface area (Å²) in [5, 5.41) is 9.91. The summed E-state index contributed by atoms with van der Waals surface area (Å²) in [5.74, 6) is 2.58. The number of rotatable bonds is 2. The first-order valence-corrected chi connectivity index (χ1v) is 4.43. The lowest BCUT2D eigenvalue weighted by Crippen LogP contribution is -2.30. The van der Waals surface area contributed by atoms with E-state index in [-0.39, 0.29) is 0 Å². The predicted octanol–water partition coefficient (Wildman–Crippen LogP) is 2.09. The third kappa shape index (κ3) is 2.55. The van der Waals surface area contributed by atoms with Crippen LogP contribution in [-0.2, 0) is 0 Å². The number of terminal acetylenes is 1. The van der Waals surface area contributed by atoms with Gasteiger partial charge in [0.15, 0.2) is 0 Å². The summed E-state index contributed by atoms with van der Waals surface area (Å²) >= 11 is 0. The lowest BCUT2D eigenvalue weighted by Gasteiger charge is -2.31. The molecule has 0 bridgehead atoms. The third-order valence-electron chi connectivity index (χ3n) is 2.52. The molecule has 62 valence electrons. The topological polar surface area (TPSA) is 20.2 Å². The Morgan fingerprint density at radius 2 is 1.91 bits per heavy atom. The van der Waals surface area contributed by atoms with Gasteiger partial charge in [-0.3, -0.25) is 0 Å². The molecule has 11 heavy (non-hydrogen) atoms. The summed E-state index contributed by atoms with van der Waals surface area (Å²) in [4.78, 5) is 0. The zero-order chi connectivity index (χ0) is 8.16. The highest BCUT2D eigenvalue weighted by atomic mass is 16.3. The van der Waals surface area contributed by atoms with Crippen LogP contribution >= 0.6 is 0 Å². The maximum Gasteiger partial charge on any atom is 0.0656 e. The van der Waals surface area contributed by atoms with Crippen LogP contribution in [0.25, 0.3) is 0 Å². The van der Waals surface area contributed by atoms with Crippen LogP contribution in [0.15, 0.2) is 0 Å². The van der Waals surface area contributed by atoms with Crippen LogP contribution in [0.4, 0.5) is 0 Å². The van der Waals surface area contributed by atoms with Crippen LogP contribution in [0.2, 0.25) is 0 Å². The van der Waals surface area contributed by atoms with Gasteiger partial charge in [-0.2, -0.15) is 0 Å². The fourth-order valence-corrected chi connectivity index (χ4v) is 1.76. The SMILES string of the molecule is C#CCCC1(O)CCCCC1. The van der Waals surface area contributed by atoms with Crippen molar-refractivity contribution in [3.63, 3.8) is 0 Å². The molecule has 0 unspecified atom stereocenters. The van der Waals surface area contributed by atoms with Crippen LogP contribution in [0.5, 0.6) is 0 Å². The van der Waals surface area contributed by atoms with Gasteiger partial charge in [-0.05, 0) is 19.3 Å². The Kier molecular flexibility index (Phi) is 2.96. The third-order valence-corrected chi connectivity index (χ3v) is 2.52. The molecule has 1 N–H and O–H groups in total. The van der Waals surface area contributed by atoms with Crippen molar-refractivity contribution in [1.82, 2.24) is 0 Å². The van der Waals surface area contributed by atoms with E-state index in [9.17, 15) is 5.11 Å². The quantitative estimate of drug-likeness (QED) is 0.601. The van der Waals surface area contributed by atoms with Crippen LogP contribution in [0, 0.1) is 12.3 Å². The fourth-order valence-electron chi connectivity index (χ4n) is 1.76. The standard InChI is InChI=1S/C10H16O/c1-2-3-7-10(11)8-5-4-6-9-10/h1,11H,3-9H2. The van der Waals surface area contributed by atoms with E-state index in [1.165, 1.54) is 19.3 Å². The highest BCUT2D eigenvalue weighted by Gasteiger charge is 2.27. The molecule has 0 atom stereocenters. The summed E-state index contributed by atoms with van der Waals surface area (Å²) in [6.07, 6.45) is 12.2. The largest absolute Gasteiger partial charge is 0.390 e. The smallest absolute Gasteiger partial charge is 0.0656 e. The minimum atomic E-state index is -0.412. The maximum absolute atomic E-state index is 9.91. The average Bonchev–Trinajstić information content (AvgIpc) is 2.03. The van der Waals surface area contributed by atoms with Gasteiger partial charge in [0, 0.05) is 6.42 Å². The second-order valence-electron chi connectivity index (χ2n) is 3.49. The molecule has 1 rings (SSSR count). The van der Waals surface area contributed by atoms with Crippen molar-refractivity contribution in [2.75, 3.05) is 0 Å². The van der Waals surface area contributed by atoms with Crippen molar-refractivity contribution in [2.24, 2.45) is 0 Å². The van der Waals surface area contributed by atoms with Gasteiger partial charge in [-0.25, -0.2) is 0 Å². The predicted molar refractivity (Wildman–Crippen MR) is 46.1 cm³/mol. The minimum absolute atomic E-state index is 0.412. The average molecular weight is 152 g/mol. The summed E-state index contributed by atoms with van der Waals surface area (Å²) in [5.41, 5.74) is -0.412. The minimum Gasteiger partial charge on any atom is -0.390 e. The second kappa shape index (κ2) is 3.78. The molecule has 0 amide bonds. The van der Waals surface area contributed by atoms with Crippen molar-refractivity contribution >= 4 is 0 Å². The first-order valence-electron chi connectivity index (χ1n) is 4.43. The molecule has 1 heteroatoms. The monoisotopic (exact) mass is 152 g/mol. The Hall–Kier alpha value is -0.480. The van der Waals surface area contributed by atoms with Gasteiger partial charge in [-0.15, -0.1) is 12.3 Å². The van der Waals surface area contributed by atoms with E-state index in [4.69, 9.17) is 6.42 Å². The highest BCUT2D eigenvalue weighted by Crippen LogP contribution is 2.31. The van der Waals surface area contributed by atoms with Gasteiger partial charge < -0.3 is 5.11 Å². The van der Waals surface area contributed by atoms with Crippen molar-refractivity contribution in [3.05, 3.63) is 0 Å². The Morgan fingerprint density at radius 1 is 1.27 bits per heavy atom. The zero-order valence-corrected chi connectivity index (χ0v) is 6.97. The Morgan fingerprint density at radius 3 is 2.45 bits per heavy atom. The van der Waals surface area contributed by atoms with Crippen molar-refractivity contribution < 1.29 is 5.11 Å². The van der Waals surface area contributed by atoms with Crippen LogP contribution < -0.4 is 0 Å². The fraction of sp³-hybridized carbons (Fsp3) is 0.800. The molecule has 0 spiro atoms. The molecule has 1 saturated carbocycles. The van der Waals surface area contributed by atoms with E-state index >= 15 is 0 Å². The summed E-state index contributed by atoms with van der Waals surface area (Å²) in [6.45, 7) is 0. The molecular weight excluding hydrogens is 136 g/mol. The molecule has 0 aromatic carbocycles. The molecule has 0 aromatic heterocycles. The normalized spacial score (nSPS) is 22.5. The van der Waals surface area contributed by atoms with Crippen molar-refractivity contribution in [2.45, 2.75) is 50.5 Å².